The fourth-order valence-electron chi connectivity index (χ4n) is 1.86. The molecule has 0 unspecified atom stereocenters. The molecule has 0 saturated carbocycles. The van der Waals surface area contributed by atoms with Crippen LogP contribution in [-0.2, 0) is 0 Å². The number of hydrogen-bond donors (Lipinski definition) is 0. The Bertz CT molecular complexity index is 842. The first kappa shape index (κ1) is 29.9. The van der Waals surface area contributed by atoms with Crippen LogP contribution < -0.4 is 0 Å². The lowest BCUT2D eigenvalue weighted by atomic mass is 9.91. The highest BCUT2D eigenvalue weighted by Crippen LogP contribution is 2.65. The molecule has 1 rings (SSSR count). The molecular weight excluding hydrogens is 603 g/mol. The number of benzene rings is 1. The zero-order chi connectivity index (χ0) is 26.7. The fourth-order valence-corrected chi connectivity index (χ4v) is 2.95. The van der Waals surface area contributed by atoms with Crippen LogP contribution in [0.2, 0.25) is 0 Å². The topological polar surface area (TPSA) is 0 Å². The second-order valence-corrected chi connectivity index (χ2v) is 8.12. The van der Waals surface area contributed by atoms with Crippen molar-refractivity contribution in [2.75, 3.05) is 0 Å². The summed E-state index contributed by atoms with van der Waals surface area (Å²) in [5, 5.41) is -6.51. The maximum Gasteiger partial charge on any atom is 0.460 e. The molecule has 0 fully saturated rings. The lowest BCUT2D eigenvalue weighted by Crippen LogP contribution is -2.74. The van der Waals surface area contributed by atoms with Crippen LogP contribution in [0.25, 0.3) is 0 Å². The van der Waals surface area contributed by atoms with Gasteiger partial charge in [-0.25, -0.2) is 0 Å². The third kappa shape index (κ3) is 4.35. The largest absolute Gasteiger partial charge is 0.460 e. The van der Waals surface area contributed by atoms with Crippen molar-refractivity contribution < 1.29 is 74.6 Å². The van der Waals surface area contributed by atoms with Crippen LogP contribution >= 0.6 is 27.7 Å². The number of rotatable bonds is 8. The van der Waals surface area contributed by atoms with Gasteiger partial charge < -0.3 is 0 Å². The molecule has 0 amide bonds. The van der Waals surface area contributed by atoms with Gasteiger partial charge in [0.1, 0.15) is 0 Å². The first-order valence-corrected chi connectivity index (χ1v) is 8.99. The molecule has 0 aliphatic heterocycles. The predicted octanol–water partition coefficient (Wildman–Crippen LogP) is 8.51. The Labute approximate surface area is 183 Å². The summed E-state index contributed by atoms with van der Waals surface area (Å²) in [6, 6.07) is 2.66. The van der Waals surface area contributed by atoms with Crippen molar-refractivity contribution in [3.8, 4) is 0 Å². The molecule has 0 aliphatic rings. The van der Waals surface area contributed by atoms with E-state index in [0.29, 0.717) is 12.1 Å². The van der Waals surface area contributed by atoms with Gasteiger partial charge >= 0.3 is 47.0 Å². The number of alkyl halides is 17. The Hall–Kier alpha value is -1.14. The molecule has 1 aromatic rings. The van der Waals surface area contributed by atoms with E-state index in [9.17, 15) is 74.6 Å². The minimum Gasteiger partial charge on any atom is -0.192 e. The van der Waals surface area contributed by atoms with Gasteiger partial charge in [-0.05, 0) is 36.0 Å². The first-order valence-electron chi connectivity index (χ1n) is 7.38. The number of halogens is 18. The van der Waals surface area contributed by atoms with E-state index in [1.54, 1.807) is 0 Å². The molecule has 1 aromatic carbocycles. The van der Waals surface area contributed by atoms with Gasteiger partial charge in [0.05, 0.1) is 0 Å². The molecule has 0 spiro atoms. The molecule has 0 N–H and O–H groups in total. The van der Waals surface area contributed by atoms with Crippen molar-refractivity contribution in [1.82, 2.24) is 0 Å². The molecule has 0 bridgehead atoms. The monoisotopic (exact) mass is 606 g/mol. The van der Waals surface area contributed by atoms with Crippen molar-refractivity contribution in [3.63, 3.8) is 0 Å². The van der Waals surface area contributed by atoms with Gasteiger partial charge in [0, 0.05) is 9.37 Å². The zero-order valence-electron chi connectivity index (χ0n) is 14.5. The Morgan fingerprint density at radius 2 is 0.758 bits per heavy atom. The highest BCUT2D eigenvalue weighted by atomic mass is 79.9. The minimum absolute atomic E-state index is 0.0891. The zero-order valence-corrected chi connectivity index (χ0v) is 16.9. The second kappa shape index (κ2) is 8.22. The summed E-state index contributed by atoms with van der Waals surface area (Å²) in [5.41, 5.74) is 0. The Morgan fingerprint density at radius 1 is 0.455 bits per heavy atom. The summed E-state index contributed by atoms with van der Waals surface area (Å²) in [5.74, 6) is -49.8. The van der Waals surface area contributed by atoms with Crippen LogP contribution in [0.1, 0.15) is 0 Å². The van der Waals surface area contributed by atoms with Crippen molar-refractivity contribution >= 4 is 27.7 Å². The lowest BCUT2D eigenvalue weighted by Gasteiger charge is -2.42. The summed E-state index contributed by atoms with van der Waals surface area (Å²) >= 11 is 1.09. The highest BCUT2D eigenvalue weighted by Gasteiger charge is 2.95. The average molecular weight is 607 g/mol. The van der Waals surface area contributed by atoms with E-state index in [2.05, 4.69) is 15.9 Å². The van der Waals surface area contributed by atoms with Crippen molar-refractivity contribution in [3.05, 3.63) is 28.7 Å². The molecule has 0 aromatic heterocycles. The van der Waals surface area contributed by atoms with Crippen molar-refractivity contribution in [2.45, 2.75) is 51.9 Å². The van der Waals surface area contributed by atoms with Crippen LogP contribution in [0, 0.1) is 0 Å². The molecule has 0 heterocycles. The molecule has 192 valence electrons. The minimum atomic E-state index is -8.62. The third-order valence-electron chi connectivity index (χ3n) is 3.75. The van der Waals surface area contributed by atoms with Crippen LogP contribution in [0.4, 0.5) is 74.6 Å². The highest BCUT2D eigenvalue weighted by molar-refractivity contribution is 9.10. The van der Waals surface area contributed by atoms with Gasteiger partial charge in [-0.2, -0.15) is 74.6 Å². The maximum atomic E-state index is 13.7. The van der Waals surface area contributed by atoms with E-state index < -0.39 is 63.6 Å². The normalized spacial score (nSPS) is 15.7. The molecule has 0 atom stereocenters. The van der Waals surface area contributed by atoms with E-state index >= 15 is 0 Å². The molecular formula is C14H4BrF17S. The van der Waals surface area contributed by atoms with Gasteiger partial charge in [0.25, 0.3) is 0 Å². The van der Waals surface area contributed by atoms with Crippen molar-refractivity contribution in [2.24, 2.45) is 0 Å². The van der Waals surface area contributed by atoms with E-state index in [1.807, 2.05) is 0 Å². The summed E-state index contributed by atoms with van der Waals surface area (Å²) in [6.07, 6.45) is -7.77. The van der Waals surface area contributed by atoms with E-state index in [4.69, 9.17) is 0 Å². The van der Waals surface area contributed by atoms with Gasteiger partial charge in [0.15, 0.2) is 0 Å². The second-order valence-electron chi connectivity index (χ2n) is 6.02. The molecule has 0 saturated heterocycles. The number of hydrogen-bond acceptors (Lipinski definition) is 1. The molecule has 0 nitrogen and oxygen atoms in total. The summed E-state index contributed by atoms with van der Waals surface area (Å²) in [6.45, 7) is 0. The lowest BCUT2D eigenvalue weighted by molar-refractivity contribution is -0.458. The van der Waals surface area contributed by atoms with Crippen LogP contribution in [0.5, 0.6) is 0 Å². The Morgan fingerprint density at radius 3 is 1.09 bits per heavy atom. The SMILES string of the molecule is FC(F)(F)C(F)(F)C(F)(F)C(F)(F)C(F)(F)C(F)(F)C(F)(F)C(F)(F)Sc1ccc(Br)cc1. The molecule has 33 heavy (non-hydrogen) atoms. The molecule has 19 heteroatoms. The van der Waals surface area contributed by atoms with Crippen LogP contribution in [-0.4, -0.2) is 47.0 Å². The van der Waals surface area contributed by atoms with E-state index in [1.165, 1.54) is 0 Å². The van der Waals surface area contributed by atoms with Gasteiger partial charge in [0.2, 0.25) is 0 Å². The summed E-state index contributed by atoms with van der Waals surface area (Å²) in [7, 11) is 0. The Balaban J connectivity index is 3.57. The van der Waals surface area contributed by atoms with E-state index in [-0.39, 0.29) is 4.47 Å². The number of thioether (sulfide) groups is 1. The van der Waals surface area contributed by atoms with E-state index in [0.717, 1.165) is 12.1 Å². The first-order chi connectivity index (χ1) is 14.2. The summed E-state index contributed by atoms with van der Waals surface area (Å²) in [4.78, 5) is -1.08. The Kier molecular flexibility index (Phi) is 7.44. The fraction of sp³-hybridized carbons (Fsp3) is 0.571. The quantitative estimate of drug-likeness (QED) is 0.211. The summed E-state index contributed by atoms with van der Waals surface area (Å²) < 4.78 is 223. The molecule has 0 radical (unpaired) electrons. The molecule has 0 aliphatic carbocycles. The smallest absolute Gasteiger partial charge is 0.192 e. The average Bonchev–Trinajstić information content (AvgIpc) is 2.61. The van der Waals surface area contributed by atoms with Crippen molar-refractivity contribution in [1.29, 1.82) is 0 Å². The maximum absolute atomic E-state index is 13.7. The standard InChI is InChI=1S/C14H4BrF17S/c15-5-1-3-6(4-2-5)33-14(31,32)12(26,27)10(22,23)8(18,19)7(16,17)9(20,21)11(24,25)13(28,29)30/h1-4H. The van der Waals surface area contributed by atoms with Crippen LogP contribution in [0.3, 0.4) is 0 Å². The van der Waals surface area contributed by atoms with Gasteiger partial charge in [-0.15, -0.1) is 0 Å². The third-order valence-corrected chi connectivity index (χ3v) is 5.30. The predicted molar refractivity (Wildman–Crippen MR) is 80.7 cm³/mol. The van der Waals surface area contributed by atoms with Gasteiger partial charge in [-0.1, -0.05) is 15.9 Å². The van der Waals surface area contributed by atoms with Gasteiger partial charge in [-0.3, -0.25) is 0 Å². The van der Waals surface area contributed by atoms with Crippen LogP contribution in [0.15, 0.2) is 33.6 Å².